The number of nitrogens with zero attached hydrogens (tertiary/aromatic N) is 3. The Bertz CT molecular complexity index is 938. The van der Waals surface area contributed by atoms with Gasteiger partial charge in [-0.15, -0.1) is 0 Å². The predicted molar refractivity (Wildman–Crippen MR) is 140 cm³/mol. The molecule has 196 valence electrons. The summed E-state index contributed by atoms with van der Waals surface area (Å²) in [5.41, 5.74) is 0.997. The Hall–Kier alpha value is -2.28. The first-order valence-corrected chi connectivity index (χ1v) is 14.2. The average molecular weight is 495 g/mol. The van der Waals surface area contributed by atoms with Crippen LogP contribution in [0.2, 0.25) is 0 Å². The first-order chi connectivity index (χ1) is 17.5. The summed E-state index contributed by atoms with van der Waals surface area (Å²) in [5, 5.41) is 3.18. The van der Waals surface area contributed by atoms with Gasteiger partial charge in [0.1, 0.15) is 11.8 Å². The zero-order valence-corrected chi connectivity index (χ0v) is 21.8. The van der Waals surface area contributed by atoms with Crippen LogP contribution in [0.4, 0.5) is 5.69 Å². The number of hydrogen-bond acceptors (Lipinski definition) is 5. The van der Waals surface area contributed by atoms with Crippen molar-refractivity contribution in [3.8, 4) is 5.75 Å². The molecule has 7 nitrogen and oxygen atoms in total. The van der Waals surface area contributed by atoms with Crippen LogP contribution < -0.4 is 15.0 Å². The second-order valence-electron chi connectivity index (χ2n) is 12.1. The first-order valence-electron chi connectivity index (χ1n) is 14.2. The molecule has 4 bridgehead atoms. The molecule has 2 aliphatic heterocycles. The highest BCUT2D eigenvalue weighted by atomic mass is 16.5. The highest BCUT2D eigenvalue weighted by Crippen LogP contribution is 2.60. The second kappa shape index (κ2) is 9.88. The van der Waals surface area contributed by atoms with Gasteiger partial charge in [0.15, 0.2) is 0 Å². The Kier molecular flexibility index (Phi) is 6.61. The molecule has 1 aromatic rings. The molecule has 1 unspecified atom stereocenters. The van der Waals surface area contributed by atoms with Crippen molar-refractivity contribution in [2.75, 3.05) is 57.8 Å². The van der Waals surface area contributed by atoms with Crippen molar-refractivity contribution in [2.45, 2.75) is 57.4 Å². The van der Waals surface area contributed by atoms with Crippen molar-refractivity contribution in [1.29, 1.82) is 0 Å². The molecule has 6 fully saturated rings. The van der Waals surface area contributed by atoms with E-state index in [1.807, 2.05) is 17.0 Å². The fraction of sp³-hybridized carbons (Fsp3) is 0.724. The maximum atomic E-state index is 13.9. The number of benzene rings is 1. The minimum Gasteiger partial charge on any atom is -0.495 e. The molecule has 0 aromatic heterocycles. The molecule has 7 rings (SSSR count). The van der Waals surface area contributed by atoms with Gasteiger partial charge in [-0.05, 0) is 81.3 Å². The summed E-state index contributed by atoms with van der Waals surface area (Å²) in [4.78, 5) is 33.8. The Balaban J connectivity index is 0.987. The SMILES string of the molecule is COc1ccccc1N1CCN(CCNC(=O)C2CCCN2C(=O)C23CC4CC(CC(C4)C2)C3)CC1. The van der Waals surface area contributed by atoms with Gasteiger partial charge in [0.25, 0.3) is 0 Å². The van der Waals surface area contributed by atoms with Gasteiger partial charge in [-0.1, -0.05) is 12.1 Å². The molecule has 36 heavy (non-hydrogen) atoms. The maximum absolute atomic E-state index is 13.9. The molecular formula is C29H42N4O3. The summed E-state index contributed by atoms with van der Waals surface area (Å²) >= 11 is 0. The van der Waals surface area contributed by atoms with E-state index in [2.05, 4.69) is 27.2 Å². The topological polar surface area (TPSA) is 65.1 Å². The van der Waals surface area contributed by atoms with E-state index in [4.69, 9.17) is 4.74 Å². The smallest absolute Gasteiger partial charge is 0.242 e. The Labute approximate surface area is 215 Å². The van der Waals surface area contributed by atoms with Crippen molar-refractivity contribution >= 4 is 17.5 Å². The maximum Gasteiger partial charge on any atom is 0.242 e. The van der Waals surface area contributed by atoms with Gasteiger partial charge in [-0.25, -0.2) is 0 Å². The lowest BCUT2D eigenvalue weighted by Crippen LogP contribution is -2.57. The molecule has 0 spiro atoms. The number of nitrogens with one attached hydrogen (secondary N) is 1. The van der Waals surface area contributed by atoms with Crippen LogP contribution in [0.1, 0.15) is 51.4 Å². The average Bonchev–Trinajstić information content (AvgIpc) is 3.38. The van der Waals surface area contributed by atoms with E-state index in [0.29, 0.717) is 12.5 Å². The number of hydrogen-bond donors (Lipinski definition) is 1. The fourth-order valence-electron chi connectivity index (χ4n) is 8.52. The number of likely N-dealkylation sites (tertiary alicyclic amines) is 1. The van der Waals surface area contributed by atoms with Crippen LogP contribution in [0, 0.1) is 23.2 Å². The summed E-state index contributed by atoms with van der Waals surface area (Å²) in [5.74, 6) is 3.53. The largest absolute Gasteiger partial charge is 0.495 e. The van der Waals surface area contributed by atoms with E-state index < -0.39 is 0 Å². The van der Waals surface area contributed by atoms with Crippen molar-refractivity contribution in [1.82, 2.24) is 15.1 Å². The molecule has 1 aromatic carbocycles. The van der Waals surface area contributed by atoms with Gasteiger partial charge in [0, 0.05) is 45.8 Å². The number of anilines is 1. The van der Waals surface area contributed by atoms with Crippen LogP contribution in [-0.4, -0.2) is 80.6 Å². The van der Waals surface area contributed by atoms with E-state index in [1.165, 1.54) is 19.3 Å². The zero-order valence-electron chi connectivity index (χ0n) is 21.8. The second-order valence-corrected chi connectivity index (χ2v) is 12.1. The van der Waals surface area contributed by atoms with Crippen LogP contribution in [0.15, 0.2) is 24.3 Å². The van der Waals surface area contributed by atoms with Gasteiger partial charge >= 0.3 is 0 Å². The van der Waals surface area contributed by atoms with Gasteiger partial charge in [0.2, 0.25) is 11.8 Å². The molecule has 2 saturated heterocycles. The highest BCUT2D eigenvalue weighted by molar-refractivity contribution is 5.91. The molecule has 6 aliphatic rings. The van der Waals surface area contributed by atoms with Crippen molar-refractivity contribution in [2.24, 2.45) is 23.2 Å². The number of piperazine rings is 1. The monoisotopic (exact) mass is 494 g/mol. The molecule has 2 amide bonds. The van der Waals surface area contributed by atoms with Crippen LogP contribution in [-0.2, 0) is 9.59 Å². The van der Waals surface area contributed by atoms with Crippen LogP contribution in [0.3, 0.4) is 0 Å². The summed E-state index contributed by atoms with van der Waals surface area (Å²) in [6.45, 7) is 6.07. The minimum atomic E-state index is -0.270. The number of rotatable bonds is 7. The van der Waals surface area contributed by atoms with Crippen LogP contribution in [0.5, 0.6) is 5.75 Å². The molecule has 2 heterocycles. The summed E-state index contributed by atoms with van der Waals surface area (Å²) in [7, 11) is 1.72. The third-order valence-corrected chi connectivity index (χ3v) is 9.83. The number of methoxy groups -OCH3 is 1. The van der Waals surface area contributed by atoms with Crippen molar-refractivity contribution in [3.63, 3.8) is 0 Å². The third kappa shape index (κ3) is 4.48. The summed E-state index contributed by atoms with van der Waals surface area (Å²) in [6.07, 6.45) is 8.98. The zero-order chi connectivity index (χ0) is 24.7. The van der Waals surface area contributed by atoms with E-state index in [0.717, 1.165) is 101 Å². The quantitative estimate of drug-likeness (QED) is 0.631. The van der Waals surface area contributed by atoms with E-state index in [-0.39, 0.29) is 17.4 Å². The Morgan fingerprint density at radius 3 is 2.31 bits per heavy atom. The molecule has 1 N–H and O–H groups in total. The molecule has 7 heteroatoms. The van der Waals surface area contributed by atoms with Gasteiger partial charge in [-0.2, -0.15) is 0 Å². The molecule has 4 aliphatic carbocycles. The lowest BCUT2D eigenvalue weighted by atomic mass is 9.49. The Morgan fingerprint density at radius 2 is 1.64 bits per heavy atom. The highest BCUT2D eigenvalue weighted by Gasteiger charge is 2.56. The van der Waals surface area contributed by atoms with E-state index in [9.17, 15) is 9.59 Å². The molecule has 0 radical (unpaired) electrons. The van der Waals surface area contributed by atoms with Crippen molar-refractivity contribution < 1.29 is 14.3 Å². The summed E-state index contributed by atoms with van der Waals surface area (Å²) < 4.78 is 5.53. The minimum absolute atomic E-state index is 0.0539. The summed E-state index contributed by atoms with van der Waals surface area (Å²) in [6, 6.07) is 7.92. The number of carbonyl (C=O) groups excluding carboxylic acids is 2. The van der Waals surface area contributed by atoms with Gasteiger partial charge < -0.3 is 19.9 Å². The Morgan fingerprint density at radius 1 is 0.972 bits per heavy atom. The van der Waals surface area contributed by atoms with E-state index >= 15 is 0 Å². The van der Waals surface area contributed by atoms with Gasteiger partial charge in [0.05, 0.1) is 18.2 Å². The molecular weight excluding hydrogens is 452 g/mol. The molecule has 4 saturated carbocycles. The fourth-order valence-corrected chi connectivity index (χ4v) is 8.52. The van der Waals surface area contributed by atoms with Crippen LogP contribution >= 0.6 is 0 Å². The van der Waals surface area contributed by atoms with Gasteiger partial charge in [-0.3, -0.25) is 14.5 Å². The third-order valence-electron chi connectivity index (χ3n) is 9.83. The first kappa shape index (κ1) is 24.1. The lowest BCUT2D eigenvalue weighted by Gasteiger charge is -2.56. The predicted octanol–water partition coefficient (Wildman–Crippen LogP) is 3.14. The standard InChI is InChI=1S/C29H42N4O3/c1-36-26-7-3-2-5-24(26)32-13-11-31(12-14-32)10-8-30-27(34)25-6-4-9-33(25)28(35)29-18-21-15-22(19-29)17-23(16-21)20-29/h2-3,5,7,21-23,25H,4,6,8-20H2,1H3,(H,30,34). The normalized spacial score (nSPS) is 33.7. The number of para-hydroxylation sites is 2. The number of carbonyl (C=O) groups is 2. The van der Waals surface area contributed by atoms with E-state index in [1.54, 1.807) is 7.11 Å². The van der Waals surface area contributed by atoms with Crippen molar-refractivity contribution in [3.05, 3.63) is 24.3 Å². The number of ether oxygens (including phenoxy) is 1. The number of amides is 2. The van der Waals surface area contributed by atoms with Crippen LogP contribution in [0.25, 0.3) is 0 Å². The molecule has 1 atom stereocenters. The lowest BCUT2D eigenvalue weighted by molar-refractivity contribution is -0.160.